The summed E-state index contributed by atoms with van der Waals surface area (Å²) >= 11 is 6.09. The maximum absolute atomic E-state index is 12.3. The van der Waals surface area contributed by atoms with E-state index in [0.717, 1.165) is 0 Å². The summed E-state index contributed by atoms with van der Waals surface area (Å²) in [5.74, 6) is 1.47. The van der Waals surface area contributed by atoms with E-state index in [-0.39, 0.29) is 12.2 Å². The van der Waals surface area contributed by atoms with Crippen molar-refractivity contribution in [2.75, 3.05) is 14.2 Å². The quantitative estimate of drug-likeness (QED) is 0.795. The third-order valence-electron chi connectivity index (χ3n) is 3.00. The molecule has 0 fully saturated rings. The first-order chi connectivity index (χ1) is 9.56. The molecule has 0 aliphatic rings. The molecule has 0 N–H and O–H groups in total. The fraction of sp³-hybridized carbons (Fsp3) is 0.286. The molecule has 0 amide bonds. The standard InChI is InChI=1S/C14H15ClN2O3/c1-17-5-4-16-13(17)8-11(18)9-6-10(15)14(20-3)12(7-9)19-2/h4-7H,8H2,1-3H3. The topological polar surface area (TPSA) is 53.3 Å². The maximum Gasteiger partial charge on any atom is 0.179 e. The van der Waals surface area contributed by atoms with Crippen LogP contribution in [-0.2, 0) is 13.5 Å². The van der Waals surface area contributed by atoms with Crippen LogP contribution in [0.5, 0.6) is 11.5 Å². The molecular weight excluding hydrogens is 280 g/mol. The molecule has 5 nitrogen and oxygen atoms in total. The number of nitrogens with zero attached hydrogens (tertiary/aromatic N) is 2. The fourth-order valence-corrected chi connectivity index (χ4v) is 2.18. The van der Waals surface area contributed by atoms with Gasteiger partial charge in [0.1, 0.15) is 5.82 Å². The molecule has 6 heteroatoms. The largest absolute Gasteiger partial charge is 0.493 e. The number of ketones is 1. The summed E-state index contributed by atoms with van der Waals surface area (Å²) in [5, 5.41) is 0.343. The second-order valence-electron chi connectivity index (χ2n) is 4.25. The van der Waals surface area contributed by atoms with E-state index in [1.807, 2.05) is 7.05 Å². The van der Waals surface area contributed by atoms with Crippen molar-refractivity contribution >= 4 is 17.4 Å². The summed E-state index contributed by atoms with van der Waals surface area (Å²) in [4.78, 5) is 16.4. The number of halogens is 1. The predicted octanol–water partition coefficient (Wildman–Crippen LogP) is 2.52. The van der Waals surface area contributed by atoms with Crippen LogP contribution in [0.25, 0.3) is 0 Å². The number of imidazole rings is 1. The van der Waals surface area contributed by atoms with Crippen LogP contribution in [-0.4, -0.2) is 29.6 Å². The average molecular weight is 295 g/mol. The summed E-state index contributed by atoms with van der Waals surface area (Å²) < 4.78 is 12.1. The molecule has 0 atom stereocenters. The van der Waals surface area contributed by atoms with Gasteiger partial charge in [0, 0.05) is 25.0 Å². The van der Waals surface area contributed by atoms with E-state index in [0.29, 0.717) is 27.9 Å². The molecule has 1 aromatic carbocycles. The lowest BCUT2D eigenvalue weighted by atomic mass is 10.1. The van der Waals surface area contributed by atoms with Crippen LogP contribution in [0, 0.1) is 0 Å². The molecule has 0 saturated carbocycles. The third-order valence-corrected chi connectivity index (χ3v) is 3.28. The van der Waals surface area contributed by atoms with Gasteiger partial charge in [-0.15, -0.1) is 0 Å². The number of hydrogen-bond acceptors (Lipinski definition) is 4. The summed E-state index contributed by atoms with van der Waals surface area (Å²) in [6.45, 7) is 0. The van der Waals surface area contributed by atoms with Crippen LogP contribution >= 0.6 is 11.6 Å². The lowest BCUT2D eigenvalue weighted by molar-refractivity contribution is 0.0989. The Balaban J connectivity index is 2.31. The van der Waals surface area contributed by atoms with Gasteiger partial charge < -0.3 is 14.0 Å². The minimum atomic E-state index is -0.0813. The SMILES string of the molecule is COc1cc(C(=O)Cc2nccn2C)cc(Cl)c1OC. The Kier molecular flexibility index (Phi) is 4.29. The van der Waals surface area contributed by atoms with E-state index in [1.54, 1.807) is 29.1 Å². The van der Waals surface area contributed by atoms with Gasteiger partial charge >= 0.3 is 0 Å². The summed E-state index contributed by atoms with van der Waals surface area (Å²) in [6.07, 6.45) is 3.66. The lowest BCUT2D eigenvalue weighted by Crippen LogP contribution is -2.08. The molecule has 0 spiro atoms. The number of methoxy groups -OCH3 is 2. The van der Waals surface area contributed by atoms with E-state index >= 15 is 0 Å². The first-order valence-electron chi connectivity index (χ1n) is 5.97. The Labute approximate surface area is 122 Å². The van der Waals surface area contributed by atoms with Crippen molar-refractivity contribution in [1.29, 1.82) is 0 Å². The Hall–Kier alpha value is -2.01. The van der Waals surface area contributed by atoms with E-state index in [4.69, 9.17) is 21.1 Å². The first kappa shape index (κ1) is 14.4. The number of carbonyl (C=O) groups excluding carboxylic acids is 1. The van der Waals surface area contributed by atoms with Crippen molar-refractivity contribution in [1.82, 2.24) is 9.55 Å². The normalized spacial score (nSPS) is 10.4. The van der Waals surface area contributed by atoms with Crippen LogP contribution in [0.15, 0.2) is 24.5 Å². The van der Waals surface area contributed by atoms with Crippen molar-refractivity contribution in [2.45, 2.75) is 6.42 Å². The van der Waals surface area contributed by atoms with E-state index < -0.39 is 0 Å². The molecule has 0 radical (unpaired) electrons. The van der Waals surface area contributed by atoms with Gasteiger partial charge in [0.2, 0.25) is 0 Å². The zero-order valence-electron chi connectivity index (χ0n) is 11.5. The minimum Gasteiger partial charge on any atom is -0.493 e. The highest BCUT2D eigenvalue weighted by molar-refractivity contribution is 6.32. The molecule has 0 aliphatic heterocycles. The number of hydrogen-bond donors (Lipinski definition) is 0. The molecule has 0 aliphatic carbocycles. The Morgan fingerprint density at radius 1 is 1.35 bits per heavy atom. The smallest absolute Gasteiger partial charge is 0.179 e. The summed E-state index contributed by atoms with van der Waals surface area (Å²) in [5.41, 5.74) is 0.468. The number of aryl methyl sites for hydroxylation is 1. The van der Waals surface area contributed by atoms with E-state index in [9.17, 15) is 4.79 Å². The van der Waals surface area contributed by atoms with Crippen molar-refractivity contribution in [3.63, 3.8) is 0 Å². The summed E-state index contributed by atoms with van der Waals surface area (Å²) in [6, 6.07) is 3.20. The molecule has 2 rings (SSSR count). The molecule has 0 unspecified atom stereocenters. The second-order valence-corrected chi connectivity index (χ2v) is 4.66. The molecule has 1 aromatic heterocycles. The molecule has 0 bridgehead atoms. The van der Waals surface area contributed by atoms with Gasteiger partial charge in [0.15, 0.2) is 17.3 Å². The zero-order chi connectivity index (χ0) is 14.7. The Morgan fingerprint density at radius 2 is 2.10 bits per heavy atom. The fourth-order valence-electron chi connectivity index (χ4n) is 1.89. The van der Waals surface area contributed by atoms with Gasteiger partial charge in [-0.1, -0.05) is 11.6 Å². The zero-order valence-corrected chi connectivity index (χ0v) is 12.3. The highest BCUT2D eigenvalue weighted by Crippen LogP contribution is 2.36. The monoisotopic (exact) mass is 294 g/mol. The second kappa shape index (κ2) is 5.96. The molecule has 0 saturated heterocycles. The van der Waals surface area contributed by atoms with Crippen LogP contribution in [0.4, 0.5) is 0 Å². The predicted molar refractivity (Wildman–Crippen MR) is 75.8 cm³/mol. The van der Waals surface area contributed by atoms with Crippen molar-refractivity contribution in [3.8, 4) is 11.5 Å². The minimum absolute atomic E-state index is 0.0813. The number of rotatable bonds is 5. The highest BCUT2D eigenvalue weighted by atomic mass is 35.5. The van der Waals surface area contributed by atoms with E-state index in [2.05, 4.69) is 4.98 Å². The number of carbonyl (C=O) groups is 1. The van der Waals surface area contributed by atoms with Crippen molar-refractivity contribution < 1.29 is 14.3 Å². The average Bonchev–Trinajstić information content (AvgIpc) is 2.83. The number of aromatic nitrogens is 2. The highest BCUT2D eigenvalue weighted by Gasteiger charge is 2.16. The van der Waals surface area contributed by atoms with Crippen LogP contribution in [0.3, 0.4) is 0 Å². The van der Waals surface area contributed by atoms with Gasteiger partial charge in [-0.3, -0.25) is 4.79 Å². The Bertz CT molecular complexity index is 637. The van der Waals surface area contributed by atoms with Gasteiger partial charge in [0.05, 0.1) is 25.7 Å². The number of benzene rings is 1. The summed E-state index contributed by atoms with van der Waals surface area (Å²) in [7, 11) is 4.84. The van der Waals surface area contributed by atoms with Crippen LogP contribution in [0.2, 0.25) is 5.02 Å². The van der Waals surface area contributed by atoms with Gasteiger partial charge in [-0.05, 0) is 12.1 Å². The van der Waals surface area contributed by atoms with Gasteiger partial charge in [0.25, 0.3) is 0 Å². The first-order valence-corrected chi connectivity index (χ1v) is 6.35. The Morgan fingerprint density at radius 3 is 2.65 bits per heavy atom. The number of Topliss-reactive ketones (excluding diaryl/α,β-unsaturated/α-hetero) is 1. The molecule has 1 heterocycles. The third kappa shape index (κ3) is 2.77. The molecule has 2 aromatic rings. The number of ether oxygens (including phenoxy) is 2. The van der Waals surface area contributed by atoms with Gasteiger partial charge in [-0.2, -0.15) is 0 Å². The van der Waals surface area contributed by atoms with E-state index in [1.165, 1.54) is 14.2 Å². The van der Waals surface area contributed by atoms with Gasteiger partial charge in [-0.25, -0.2) is 4.98 Å². The molecule has 20 heavy (non-hydrogen) atoms. The van der Waals surface area contributed by atoms with Crippen molar-refractivity contribution in [3.05, 3.63) is 40.9 Å². The van der Waals surface area contributed by atoms with Crippen LogP contribution < -0.4 is 9.47 Å². The van der Waals surface area contributed by atoms with Crippen LogP contribution in [0.1, 0.15) is 16.2 Å². The molecule has 106 valence electrons. The molecular formula is C14H15ClN2O3. The maximum atomic E-state index is 12.3. The van der Waals surface area contributed by atoms with Crippen molar-refractivity contribution in [2.24, 2.45) is 7.05 Å². The lowest BCUT2D eigenvalue weighted by Gasteiger charge is -2.11.